The number of urea groups is 1. The van der Waals surface area contributed by atoms with E-state index in [0.717, 1.165) is 6.42 Å². The average Bonchev–Trinajstić information content (AvgIpc) is 2.34. The lowest BCUT2D eigenvalue weighted by Gasteiger charge is -2.14. The zero-order chi connectivity index (χ0) is 9.84. The minimum Gasteiger partial charge on any atom is -0.311 e. The number of nitrogens with zero attached hydrogens (tertiary/aromatic N) is 2. The third kappa shape index (κ3) is 1.88. The summed E-state index contributed by atoms with van der Waals surface area (Å²) in [4.78, 5) is 25.6. The number of amides is 3. The summed E-state index contributed by atoms with van der Waals surface area (Å²) in [5.74, 6) is -0.103. The fourth-order valence-corrected chi connectivity index (χ4v) is 1.34. The maximum Gasteiger partial charge on any atom is 0.327 e. The van der Waals surface area contributed by atoms with E-state index in [1.807, 2.05) is 6.92 Å². The molecule has 0 atom stereocenters. The summed E-state index contributed by atoms with van der Waals surface area (Å²) in [6.07, 6.45) is 2.43. The maximum absolute atomic E-state index is 11.5. The van der Waals surface area contributed by atoms with Gasteiger partial charge in [-0.2, -0.15) is 0 Å². The normalized spacial score (nSPS) is 17.0. The molecule has 0 N–H and O–H groups in total. The third-order valence-corrected chi connectivity index (χ3v) is 1.93. The van der Waals surface area contributed by atoms with Crippen molar-refractivity contribution in [1.82, 2.24) is 9.80 Å². The standard InChI is InChI=1S/C9H14N2O2/c1-3-5-10-7-8(12)11(6-4-2)9(10)13/h3H,1,4-7H2,2H3. The van der Waals surface area contributed by atoms with Gasteiger partial charge in [0.15, 0.2) is 0 Å². The van der Waals surface area contributed by atoms with Gasteiger partial charge in [-0.15, -0.1) is 6.58 Å². The molecule has 0 aliphatic carbocycles. The van der Waals surface area contributed by atoms with Crippen molar-refractivity contribution >= 4 is 11.9 Å². The van der Waals surface area contributed by atoms with Gasteiger partial charge in [-0.3, -0.25) is 9.69 Å². The SMILES string of the molecule is C=CCN1CC(=O)N(CCC)C1=O. The van der Waals surface area contributed by atoms with E-state index in [9.17, 15) is 9.59 Å². The van der Waals surface area contributed by atoms with Crippen LogP contribution < -0.4 is 0 Å². The highest BCUT2D eigenvalue weighted by molar-refractivity contribution is 6.02. The lowest BCUT2D eigenvalue weighted by atomic mass is 10.4. The van der Waals surface area contributed by atoms with Gasteiger partial charge in [0.25, 0.3) is 0 Å². The minimum absolute atomic E-state index is 0.103. The Bertz CT molecular complexity index is 238. The van der Waals surface area contributed by atoms with Gasteiger partial charge in [0.1, 0.15) is 6.54 Å². The molecule has 1 fully saturated rings. The van der Waals surface area contributed by atoms with Crippen LogP contribution in [0.3, 0.4) is 0 Å². The zero-order valence-electron chi connectivity index (χ0n) is 7.82. The molecule has 1 aliphatic heterocycles. The van der Waals surface area contributed by atoms with Crippen LogP contribution in [0.4, 0.5) is 4.79 Å². The van der Waals surface area contributed by atoms with E-state index in [-0.39, 0.29) is 18.5 Å². The molecule has 0 radical (unpaired) electrons. The Kier molecular flexibility index (Phi) is 3.06. The van der Waals surface area contributed by atoms with E-state index in [4.69, 9.17) is 0 Å². The van der Waals surface area contributed by atoms with E-state index in [1.54, 1.807) is 6.08 Å². The molecule has 0 aromatic heterocycles. The van der Waals surface area contributed by atoms with Gasteiger partial charge >= 0.3 is 6.03 Å². The molecule has 4 heteroatoms. The molecule has 72 valence electrons. The number of carbonyl (C=O) groups excluding carboxylic acids is 2. The van der Waals surface area contributed by atoms with Crippen LogP contribution >= 0.6 is 0 Å². The first-order chi connectivity index (χ1) is 6.20. The number of hydrogen-bond acceptors (Lipinski definition) is 2. The highest BCUT2D eigenvalue weighted by atomic mass is 16.2. The summed E-state index contributed by atoms with van der Waals surface area (Å²) in [6.45, 7) is 6.64. The van der Waals surface area contributed by atoms with Crippen LogP contribution in [0.1, 0.15) is 13.3 Å². The molecular weight excluding hydrogens is 168 g/mol. The average molecular weight is 182 g/mol. The molecule has 3 amide bonds. The molecule has 4 nitrogen and oxygen atoms in total. The van der Waals surface area contributed by atoms with Gasteiger partial charge in [-0.25, -0.2) is 4.79 Å². The van der Waals surface area contributed by atoms with Gasteiger partial charge in [0.2, 0.25) is 5.91 Å². The lowest BCUT2D eigenvalue weighted by molar-refractivity contribution is -0.125. The molecule has 13 heavy (non-hydrogen) atoms. The maximum atomic E-state index is 11.5. The number of hydrogen-bond donors (Lipinski definition) is 0. The predicted octanol–water partition coefficient (Wildman–Crippen LogP) is 0.847. The van der Waals surface area contributed by atoms with E-state index in [1.165, 1.54) is 9.80 Å². The quantitative estimate of drug-likeness (QED) is 0.477. The smallest absolute Gasteiger partial charge is 0.311 e. The van der Waals surface area contributed by atoms with Gasteiger partial charge in [0, 0.05) is 13.1 Å². The third-order valence-electron chi connectivity index (χ3n) is 1.93. The topological polar surface area (TPSA) is 40.6 Å². The Morgan fingerprint density at radius 3 is 2.77 bits per heavy atom. The molecule has 1 rings (SSSR count). The van der Waals surface area contributed by atoms with Gasteiger partial charge in [0.05, 0.1) is 0 Å². The van der Waals surface area contributed by atoms with Crippen LogP contribution in [0.2, 0.25) is 0 Å². The van der Waals surface area contributed by atoms with Gasteiger partial charge in [-0.1, -0.05) is 13.0 Å². The molecule has 0 aromatic rings. The second kappa shape index (κ2) is 4.07. The van der Waals surface area contributed by atoms with E-state index >= 15 is 0 Å². The first kappa shape index (κ1) is 9.77. The minimum atomic E-state index is -0.188. The lowest BCUT2D eigenvalue weighted by Crippen LogP contribution is -2.33. The van der Waals surface area contributed by atoms with Crippen molar-refractivity contribution in [3.8, 4) is 0 Å². The summed E-state index contributed by atoms with van der Waals surface area (Å²) in [5, 5.41) is 0. The number of rotatable bonds is 4. The Morgan fingerprint density at radius 1 is 1.54 bits per heavy atom. The number of carbonyl (C=O) groups is 2. The van der Waals surface area contributed by atoms with Crippen LogP contribution in [0.5, 0.6) is 0 Å². The van der Waals surface area contributed by atoms with E-state index in [0.29, 0.717) is 13.1 Å². The fourth-order valence-electron chi connectivity index (χ4n) is 1.34. The molecule has 1 heterocycles. The number of imide groups is 1. The summed E-state index contributed by atoms with van der Waals surface area (Å²) in [5.41, 5.74) is 0. The highest BCUT2D eigenvalue weighted by Crippen LogP contribution is 2.09. The molecule has 0 saturated carbocycles. The van der Waals surface area contributed by atoms with Crippen molar-refractivity contribution in [2.75, 3.05) is 19.6 Å². The van der Waals surface area contributed by atoms with Crippen LogP contribution in [0.15, 0.2) is 12.7 Å². The molecule has 0 aromatic carbocycles. The second-order valence-corrected chi connectivity index (χ2v) is 3.00. The summed E-state index contributed by atoms with van der Waals surface area (Å²) in [7, 11) is 0. The van der Waals surface area contributed by atoms with Crippen LogP contribution in [0, 0.1) is 0 Å². The summed E-state index contributed by atoms with van der Waals surface area (Å²) < 4.78 is 0. The predicted molar refractivity (Wildman–Crippen MR) is 49.2 cm³/mol. The van der Waals surface area contributed by atoms with Gasteiger partial charge < -0.3 is 4.90 Å². The van der Waals surface area contributed by atoms with Crippen LogP contribution in [-0.4, -0.2) is 41.4 Å². The first-order valence-corrected chi connectivity index (χ1v) is 4.40. The van der Waals surface area contributed by atoms with Crippen LogP contribution in [0.25, 0.3) is 0 Å². The Labute approximate surface area is 77.8 Å². The van der Waals surface area contributed by atoms with Crippen molar-refractivity contribution in [2.24, 2.45) is 0 Å². The van der Waals surface area contributed by atoms with Crippen molar-refractivity contribution < 1.29 is 9.59 Å². The molecule has 0 spiro atoms. The zero-order valence-corrected chi connectivity index (χ0v) is 7.82. The highest BCUT2D eigenvalue weighted by Gasteiger charge is 2.34. The Balaban J connectivity index is 2.63. The molecule has 1 aliphatic rings. The summed E-state index contributed by atoms with van der Waals surface area (Å²) >= 11 is 0. The Morgan fingerprint density at radius 2 is 2.23 bits per heavy atom. The van der Waals surface area contributed by atoms with Crippen molar-refractivity contribution in [2.45, 2.75) is 13.3 Å². The van der Waals surface area contributed by atoms with Crippen molar-refractivity contribution in [1.29, 1.82) is 0 Å². The second-order valence-electron chi connectivity index (χ2n) is 3.00. The monoisotopic (exact) mass is 182 g/mol. The van der Waals surface area contributed by atoms with Gasteiger partial charge in [-0.05, 0) is 6.42 Å². The van der Waals surface area contributed by atoms with Crippen molar-refractivity contribution in [3.63, 3.8) is 0 Å². The Hall–Kier alpha value is -1.32. The fraction of sp³-hybridized carbons (Fsp3) is 0.556. The summed E-state index contributed by atoms with van der Waals surface area (Å²) in [6, 6.07) is -0.188. The van der Waals surface area contributed by atoms with E-state index in [2.05, 4.69) is 6.58 Å². The largest absolute Gasteiger partial charge is 0.327 e. The first-order valence-electron chi connectivity index (χ1n) is 4.40. The molecular formula is C9H14N2O2. The molecule has 1 saturated heterocycles. The molecule has 0 bridgehead atoms. The van der Waals surface area contributed by atoms with Crippen LogP contribution in [-0.2, 0) is 4.79 Å². The van der Waals surface area contributed by atoms with E-state index < -0.39 is 0 Å². The molecule has 0 unspecified atom stereocenters. The van der Waals surface area contributed by atoms with Crippen molar-refractivity contribution in [3.05, 3.63) is 12.7 Å².